The zero-order valence-electron chi connectivity index (χ0n) is 16.2. The van der Waals surface area contributed by atoms with E-state index >= 15 is 0 Å². The van der Waals surface area contributed by atoms with Crippen LogP contribution in [0.5, 0.6) is 0 Å². The molecule has 3 heterocycles. The lowest BCUT2D eigenvalue weighted by Gasteiger charge is -2.15. The van der Waals surface area contributed by atoms with Crippen LogP contribution in [0.1, 0.15) is 36.4 Å². The third kappa shape index (κ3) is 3.84. The molecule has 3 aromatic rings. The van der Waals surface area contributed by atoms with Crippen LogP contribution in [0.2, 0.25) is 0 Å². The largest absolute Gasteiger partial charge is 0.448 e. The summed E-state index contributed by atoms with van der Waals surface area (Å²) in [5.74, 6) is -0.673. The molecule has 1 unspecified atom stereocenters. The molecule has 1 aliphatic rings. The summed E-state index contributed by atoms with van der Waals surface area (Å²) < 4.78 is 20.0. The SMILES string of the molecule is CC.Cc1ccc(Nc2c(C(=O)N3CCC(O)C3)oc3ccncc23)c(F)c1. The van der Waals surface area contributed by atoms with Gasteiger partial charge in [-0.05, 0) is 37.1 Å². The number of carbonyl (C=O) groups excluding carboxylic acids is 1. The van der Waals surface area contributed by atoms with Gasteiger partial charge in [0, 0.05) is 25.5 Å². The number of aliphatic hydroxyl groups excluding tert-OH is 1. The first-order valence-corrected chi connectivity index (χ1v) is 9.40. The molecule has 6 nitrogen and oxygen atoms in total. The first-order chi connectivity index (χ1) is 13.5. The van der Waals surface area contributed by atoms with E-state index in [0.29, 0.717) is 29.6 Å². The highest BCUT2D eigenvalue weighted by Crippen LogP contribution is 2.34. The molecule has 0 spiro atoms. The van der Waals surface area contributed by atoms with Gasteiger partial charge in [-0.1, -0.05) is 19.9 Å². The molecule has 0 bridgehead atoms. The molecule has 1 amide bonds. The number of aliphatic hydroxyl groups is 1. The zero-order chi connectivity index (χ0) is 20.3. The van der Waals surface area contributed by atoms with Gasteiger partial charge in [0.1, 0.15) is 17.1 Å². The van der Waals surface area contributed by atoms with Crippen molar-refractivity contribution in [1.29, 1.82) is 0 Å². The normalized spacial score (nSPS) is 16.0. The second-order valence-corrected chi connectivity index (χ2v) is 6.48. The summed E-state index contributed by atoms with van der Waals surface area (Å²) in [5.41, 5.74) is 1.91. The van der Waals surface area contributed by atoms with E-state index in [-0.39, 0.29) is 23.9 Å². The summed E-state index contributed by atoms with van der Waals surface area (Å²) in [6.45, 7) is 6.51. The van der Waals surface area contributed by atoms with E-state index in [0.717, 1.165) is 5.56 Å². The van der Waals surface area contributed by atoms with Crippen molar-refractivity contribution in [3.8, 4) is 0 Å². The number of anilines is 2. The maximum Gasteiger partial charge on any atom is 0.291 e. The van der Waals surface area contributed by atoms with Crippen molar-refractivity contribution in [2.45, 2.75) is 33.3 Å². The van der Waals surface area contributed by atoms with Crippen LogP contribution in [0.25, 0.3) is 11.0 Å². The fourth-order valence-corrected chi connectivity index (χ4v) is 3.14. The Balaban J connectivity index is 0.00000109. The number of furan rings is 1. The first kappa shape index (κ1) is 19.8. The van der Waals surface area contributed by atoms with Gasteiger partial charge in [0.05, 0.1) is 17.2 Å². The van der Waals surface area contributed by atoms with Gasteiger partial charge < -0.3 is 19.7 Å². The number of benzene rings is 1. The smallest absolute Gasteiger partial charge is 0.291 e. The van der Waals surface area contributed by atoms with Gasteiger partial charge in [-0.25, -0.2) is 4.39 Å². The fourth-order valence-electron chi connectivity index (χ4n) is 3.14. The zero-order valence-corrected chi connectivity index (χ0v) is 16.2. The Morgan fingerprint density at radius 2 is 2.14 bits per heavy atom. The van der Waals surface area contributed by atoms with Gasteiger partial charge in [-0.3, -0.25) is 9.78 Å². The maximum atomic E-state index is 14.3. The Hall–Kier alpha value is -2.93. The predicted octanol–water partition coefficient (Wildman–Crippen LogP) is 4.25. The van der Waals surface area contributed by atoms with E-state index in [1.54, 1.807) is 37.5 Å². The van der Waals surface area contributed by atoms with Gasteiger partial charge in [0.25, 0.3) is 5.91 Å². The molecule has 2 aromatic heterocycles. The highest BCUT2D eigenvalue weighted by molar-refractivity contribution is 6.07. The standard InChI is InChI=1S/C19H18FN3O3.C2H6/c1-11-2-3-15(14(20)8-11)22-17-13-9-21-6-4-16(13)26-18(17)19(25)23-7-5-12(24)10-23;1-2/h2-4,6,8-9,12,22,24H,5,7,10H2,1H3;1-2H3. The lowest BCUT2D eigenvalue weighted by Crippen LogP contribution is -2.29. The molecule has 148 valence electrons. The number of β-amino-alcohol motifs (C(OH)–C–C–N with tert-alkyl or cyclic N) is 1. The molecule has 1 saturated heterocycles. The minimum atomic E-state index is -0.532. The molecule has 0 saturated carbocycles. The summed E-state index contributed by atoms with van der Waals surface area (Å²) >= 11 is 0. The number of hydrogen-bond donors (Lipinski definition) is 2. The molecule has 4 rings (SSSR count). The molecule has 28 heavy (non-hydrogen) atoms. The van der Waals surface area contributed by atoms with Crippen molar-refractivity contribution < 1.29 is 18.7 Å². The molecule has 0 aliphatic carbocycles. The summed E-state index contributed by atoms with van der Waals surface area (Å²) in [4.78, 5) is 18.5. The Morgan fingerprint density at radius 1 is 1.36 bits per heavy atom. The number of halogens is 1. The van der Waals surface area contributed by atoms with Crippen LogP contribution in [0.15, 0.2) is 41.1 Å². The molecular formula is C21H24FN3O3. The van der Waals surface area contributed by atoms with Crippen molar-refractivity contribution in [2.75, 3.05) is 18.4 Å². The second kappa shape index (κ2) is 8.39. The number of aromatic nitrogens is 1. The molecule has 7 heteroatoms. The molecule has 1 atom stereocenters. The van der Waals surface area contributed by atoms with Crippen LogP contribution in [-0.4, -0.2) is 40.1 Å². The first-order valence-electron chi connectivity index (χ1n) is 9.40. The van der Waals surface area contributed by atoms with Crippen LogP contribution >= 0.6 is 0 Å². The van der Waals surface area contributed by atoms with Gasteiger partial charge in [0.15, 0.2) is 0 Å². The third-order valence-corrected chi connectivity index (χ3v) is 4.52. The number of aryl methyl sites for hydroxylation is 1. The minimum absolute atomic E-state index is 0.0853. The van der Waals surface area contributed by atoms with Crippen molar-refractivity contribution in [3.63, 3.8) is 0 Å². The van der Waals surface area contributed by atoms with Gasteiger partial charge in [-0.2, -0.15) is 0 Å². The topological polar surface area (TPSA) is 78.6 Å². The van der Waals surface area contributed by atoms with E-state index < -0.39 is 11.9 Å². The fraction of sp³-hybridized carbons (Fsp3) is 0.333. The lowest BCUT2D eigenvalue weighted by molar-refractivity contribution is 0.0737. The number of carbonyl (C=O) groups is 1. The summed E-state index contributed by atoms with van der Waals surface area (Å²) in [5, 5.41) is 13.3. The Bertz CT molecular complexity index is 986. The molecule has 2 N–H and O–H groups in total. The van der Waals surface area contributed by atoms with Crippen LogP contribution < -0.4 is 5.32 Å². The van der Waals surface area contributed by atoms with Gasteiger partial charge in [0.2, 0.25) is 5.76 Å². The predicted molar refractivity (Wildman–Crippen MR) is 106 cm³/mol. The maximum absolute atomic E-state index is 14.3. The third-order valence-electron chi connectivity index (χ3n) is 4.52. The van der Waals surface area contributed by atoms with Crippen LogP contribution in [-0.2, 0) is 0 Å². The van der Waals surface area contributed by atoms with Crippen LogP contribution in [0.3, 0.4) is 0 Å². The molecule has 1 aliphatic heterocycles. The number of amides is 1. The highest BCUT2D eigenvalue weighted by Gasteiger charge is 2.30. The quantitative estimate of drug-likeness (QED) is 0.705. The number of fused-ring (bicyclic) bond motifs is 1. The summed E-state index contributed by atoms with van der Waals surface area (Å²) in [6.07, 6.45) is 3.14. The number of nitrogens with zero attached hydrogens (tertiary/aromatic N) is 2. The van der Waals surface area contributed by atoms with E-state index in [4.69, 9.17) is 4.42 Å². The number of pyridine rings is 1. The van der Waals surface area contributed by atoms with Crippen molar-refractivity contribution in [2.24, 2.45) is 0 Å². The number of nitrogens with one attached hydrogen (secondary N) is 1. The number of hydrogen-bond acceptors (Lipinski definition) is 5. The monoisotopic (exact) mass is 385 g/mol. The average Bonchev–Trinajstić information content (AvgIpc) is 3.29. The second-order valence-electron chi connectivity index (χ2n) is 6.48. The van der Waals surface area contributed by atoms with E-state index in [2.05, 4.69) is 10.3 Å². The van der Waals surface area contributed by atoms with E-state index in [1.165, 1.54) is 11.0 Å². The van der Waals surface area contributed by atoms with Crippen molar-refractivity contribution >= 4 is 28.3 Å². The Kier molecular flexibility index (Phi) is 5.94. The summed E-state index contributed by atoms with van der Waals surface area (Å²) in [6, 6.07) is 6.47. The molecule has 0 radical (unpaired) electrons. The average molecular weight is 385 g/mol. The van der Waals surface area contributed by atoms with Crippen LogP contribution in [0, 0.1) is 12.7 Å². The molecule has 1 aromatic carbocycles. The number of rotatable bonds is 3. The Morgan fingerprint density at radius 3 is 2.82 bits per heavy atom. The minimum Gasteiger partial charge on any atom is -0.448 e. The van der Waals surface area contributed by atoms with Gasteiger partial charge in [-0.15, -0.1) is 0 Å². The van der Waals surface area contributed by atoms with Crippen molar-refractivity contribution in [1.82, 2.24) is 9.88 Å². The lowest BCUT2D eigenvalue weighted by atomic mass is 10.2. The van der Waals surface area contributed by atoms with E-state index in [1.807, 2.05) is 13.8 Å². The van der Waals surface area contributed by atoms with E-state index in [9.17, 15) is 14.3 Å². The van der Waals surface area contributed by atoms with Crippen LogP contribution in [0.4, 0.5) is 15.8 Å². The molecule has 1 fully saturated rings. The molecular weight excluding hydrogens is 361 g/mol. The Labute approximate surface area is 163 Å². The summed E-state index contributed by atoms with van der Waals surface area (Å²) in [7, 11) is 0. The van der Waals surface area contributed by atoms with Gasteiger partial charge >= 0.3 is 0 Å². The van der Waals surface area contributed by atoms with Crippen molar-refractivity contribution in [3.05, 3.63) is 53.8 Å². The highest BCUT2D eigenvalue weighted by atomic mass is 19.1. The number of likely N-dealkylation sites (tertiary alicyclic amines) is 1.